The molecule has 1 aromatic rings. The molecule has 1 saturated heterocycles. The number of sulfonamides is 1. The van der Waals surface area contributed by atoms with E-state index in [1.807, 2.05) is 0 Å². The molecule has 0 bridgehead atoms. The molecule has 0 spiro atoms. The fraction of sp³-hybridized carbons (Fsp3) is 0.500. The van der Waals surface area contributed by atoms with Gasteiger partial charge in [0.25, 0.3) is 0 Å². The molecule has 0 atom stereocenters. The molecule has 1 aliphatic rings. The summed E-state index contributed by atoms with van der Waals surface area (Å²) in [5, 5.41) is 9.47. The number of hydrogen-bond donors (Lipinski definition) is 1. The van der Waals surface area contributed by atoms with Crippen molar-refractivity contribution in [2.45, 2.75) is 30.6 Å². The maximum atomic E-state index is 12.3. The van der Waals surface area contributed by atoms with Gasteiger partial charge in [-0.3, -0.25) is 4.79 Å². The molecule has 1 N–H and O–H groups in total. The maximum Gasteiger partial charge on any atom is 0.309 e. The van der Waals surface area contributed by atoms with Gasteiger partial charge in [0, 0.05) is 13.1 Å². The van der Waals surface area contributed by atoms with Gasteiger partial charge >= 0.3 is 5.97 Å². The predicted molar refractivity (Wildman–Crippen MR) is 76.2 cm³/mol. The van der Waals surface area contributed by atoms with E-state index >= 15 is 0 Å². The third kappa shape index (κ3) is 3.03. The molecule has 116 valence electrons. The summed E-state index contributed by atoms with van der Waals surface area (Å²) in [4.78, 5) is 11.7. The van der Waals surface area contributed by atoms with Crippen LogP contribution in [0, 0.1) is 5.41 Å². The molecule has 1 aromatic heterocycles. The van der Waals surface area contributed by atoms with Crippen molar-refractivity contribution in [3.63, 3.8) is 0 Å². The van der Waals surface area contributed by atoms with Crippen LogP contribution in [0.5, 0.6) is 0 Å². The monoisotopic (exact) mass is 313 g/mol. The van der Waals surface area contributed by atoms with Crippen LogP contribution in [-0.4, -0.2) is 36.9 Å². The Morgan fingerprint density at radius 3 is 2.62 bits per heavy atom. The molecule has 1 fully saturated rings. The smallest absolute Gasteiger partial charge is 0.309 e. The number of nitrogens with zero attached hydrogens (tertiary/aromatic N) is 1. The van der Waals surface area contributed by atoms with Crippen molar-refractivity contribution in [1.82, 2.24) is 4.31 Å². The maximum absolute atomic E-state index is 12.3. The third-order valence-corrected chi connectivity index (χ3v) is 5.97. The second-order valence-electron chi connectivity index (χ2n) is 5.28. The van der Waals surface area contributed by atoms with Crippen LogP contribution in [0.15, 0.2) is 40.6 Å². The average molecular weight is 313 g/mol. The molecule has 0 radical (unpaired) electrons. The minimum absolute atomic E-state index is 0.108. The summed E-state index contributed by atoms with van der Waals surface area (Å²) < 4.78 is 30.8. The van der Waals surface area contributed by atoms with Crippen molar-refractivity contribution >= 4 is 16.0 Å². The molecule has 2 rings (SSSR count). The number of carboxylic acids is 1. The Bertz CT molecular complexity index is 597. The Balaban J connectivity index is 2.12. The highest BCUT2D eigenvalue weighted by atomic mass is 32.2. The summed E-state index contributed by atoms with van der Waals surface area (Å²) in [6.07, 6.45) is 5.92. The van der Waals surface area contributed by atoms with Gasteiger partial charge in [-0.25, -0.2) is 8.42 Å². The normalized spacial score (nSPS) is 19.2. The summed E-state index contributed by atoms with van der Waals surface area (Å²) in [7, 11) is -3.59. The van der Waals surface area contributed by atoms with Gasteiger partial charge in [-0.2, -0.15) is 4.31 Å². The summed E-state index contributed by atoms with van der Waals surface area (Å²) >= 11 is 0. The Morgan fingerprint density at radius 2 is 2.14 bits per heavy atom. The minimum Gasteiger partial charge on any atom is -0.481 e. The van der Waals surface area contributed by atoms with Crippen molar-refractivity contribution in [3.8, 4) is 0 Å². The van der Waals surface area contributed by atoms with E-state index in [0.29, 0.717) is 25.7 Å². The highest BCUT2D eigenvalue weighted by molar-refractivity contribution is 7.89. The van der Waals surface area contributed by atoms with Crippen LogP contribution in [0.4, 0.5) is 0 Å². The van der Waals surface area contributed by atoms with Gasteiger partial charge in [-0.1, -0.05) is 6.08 Å². The standard InChI is InChI=1S/C14H19NO5S/c1-2-3-5-14(13(16)17)6-8-15(9-7-14)21(18,19)12-4-10-20-11-12/h2,4,10-11H,1,3,5-9H2,(H,16,17). The molecule has 7 heteroatoms. The third-order valence-electron chi connectivity index (χ3n) is 4.09. The Kier molecular flexibility index (Phi) is 4.53. The lowest BCUT2D eigenvalue weighted by molar-refractivity contribution is -0.151. The van der Waals surface area contributed by atoms with Gasteiger partial charge in [0.05, 0.1) is 11.7 Å². The summed E-state index contributed by atoms with van der Waals surface area (Å²) in [6.45, 7) is 4.02. The Morgan fingerprint density at radius 1 is 1.48 bits per heavy atom. The van der Waals surface area contributed by atoms with Crippen molar-refractivity contribution in [1.29, 1.82) is 0 Å². The van der Waals surface area contributed by atoms with Crippen LogP contribution in [0.2, 0.25) is 0 Å². The average Bonchev–Trinajstić information content (AvgIpc) is 3.00. The number of carbonyl (C=O) groups is 1. The van der Waals surface area contributed by atoms with Crippen molar-refractivity contribution in [2.75, 3.05) is 13.1 Å². The molecule has 2 heterocycles. The quantitative estimate of drug-likeness (QED) is 0.813. The minimum atomic E-state index is -3.59. The first-order chi connectivity index (χ1) is 9.92. The van der Waals surface area contributed by atoms with E-state index in [1.54, 1.807) is 6.08 Å². The van der Waals surface area contributed by atoms with E-state index in [2.05, 4.69) is 6.58 Å². The second kappa shape index (κ2) is 6.03. The molecular weight excluding hydrogens is 294 g/mol. The van der Waals surface area contributed by atoms with Crippen molar-refractivity contribution in [2.24, 2.45) is 5.41 Å². The number of furan rings is 1. The molecule has 0 saturated carbocycles. The summed E-state index contributed by atoms with van der Waals surface area (Å²) in [6, 6.07) is 1.39. The molecule has 0 aliphatic carbocycles. The van der Waals surface area contributed by atoms with Gasteiger partial charge in [0.2, 0.25) is 10.0 Å². The number of hydrogen-bond acceptors (Lipinski definition) is 4. The topological polar surface area (TPSA) is 87.8 Å². The lowest BCUT2D eigenvalue weighted by Gasteiger charge is -2.38. The van der Waals surface area contributed by atoms with Gasteiger partial charge in [0.15, 0.2) is 0 Å². The molecule has 1 aliphatic heterocycles. The van der Waals surface area contributed by atoms with E-state index < -0.39 is 21.4 Å². The van der Waals surface area contributed by atoms with E-state index in [9.17, 15) is 18.3 Å². The molecule has 21 heavy (non-hydrogen) atoms. The van der Waals surface area contributed by atoms with Gasteiger partial charge < -0.3 is 9.52 Å². The largest absolute Gasteiger partial charge is 0.481 e. The zero-order valence-corrected chi connectivity index (χ0v) is 12.5. The molecule has 0 aromatic carbocycles. The number of carboxylic acid groups (broad SMARTS) is 1. The SMILES string of the molecule is C=CCCC1(C(=O)O)CCN(S(=O)(=O)c2ccoc2)CC1. The van der Waals surface area contributed by atoms with Crippen LogP contribution < -0.4 is 0 Å². The van der Waals surface area contributed by atoms with Crippen molar-refractivity contribution in [3.05, 3.63) is 31.2 Å². The lowest BCUT2D eigenvalue weighted by Crippen LogP contribution is -2.46. The van der Waals surface area contributed by atoms with Gasteiger partial charge in [-0.05, 0) is 31.7 Å². The zero-order chi connectivity index (χ0) is 15.5. The molecule has 0 unspecified atom stereocenters. The first kappa shape index (κ1) is 15.8. The van der Waals surface area contributed by atoms with Crippen LogP contribution in [0.25, 0.3) is 0 Å². The molecular formula is C14H19NO5S. The van der Waals surface area contributed by atoms with E-state index in [0.717, 1.165) is 0 Å². The van der Waals surface area contributed by atoms with Gasteiger partial charge in [-0.15, -0.1) is 6.58 Å². The fourth-order valence-corrected chi connectivity index (χ4v) is 4.02. The summed E-state index contributed by atoms with van der Waals surface area (Å²) in [5.41, 5.74) is -0.851. The first-order valence-corrected chi connectivity index (χ1v) is 8.23. The molecule has 0 amide bonds. The van der Waals surface area contributed by atoms with Crippen LogP contribution in [-0.2, 0) is 14.8 Å². The Hall–Kier alpha value is -1.60. The predicted octanol–water partition coefficient (Wildman–Crippen LogP) is 2.10. The first-order valence-electron chi connectivity index (χ1n) is 6.79. The number of piperidine rings is 1. The highest BCUT2D eigenvalue weighted by Crippen LogP contribution is 2.38. The fourth-order valence-electron chi connectivity index (χ4n) is 2.65. The van der Waals surface area contributed by atoms with E-state index in [4.69, 9.17) is 4.42 Å². The van der Waals surface area contributed by atoms with Crippen molar-refractivity contribution < 1.29 is 22.7 Å². The second-order valence-corrected chi connectivity index (χ2v) is 7.21. The lowest BCUT2D eigenvalue weighted by atomic mass is 9.75. The van der Waals surface area contributed by atoms with Crippen LogP contribution in [0.3, 0.4) is 0 Å². The zero-order valence-electron chi connectivity index (χ0n) is 11.7. The number of aliphatic carboxylic acids is 1. The highest BCUT2D eigenvalue weighted by Gasteiger charge is 2.43. The van der Waals surface area contributed by atoms with E-state index in [1.165, 1.54) is 22.9 Å². The molecule has 6 nitrogen and oxygen atoms in total. The van der Waals surface area contributed by atoms with Crippen LogP contribution in [0.1, 0.15) is 25.7 Å². The Labute approximate surface area is 124 Å². The number of rotatable bonds is 6. The van der Waals surface area contributed by atoms with Gasteiger partial charge in [0.1, 0.15) is 11.2 Å². The van der Waals surface area contributed by atoms with Crippen LogP contribution >= 0.6 is 0 Å². The number of allylic oxidation sites excluding steroid dienone is 1. The van der Waals surface area contributed by atoms with E-state index in [-0.39, 0.29) is 18.0 Å². The summed E-state index contributed by atoms with van der Waals surface area (Å²) in [5.74, 6) is -0.857.